The van der Waals surface area contributed by atoms with Crippen LogP contribution in [0.1, 0.15) is 25.7 Å². The number of hydrogen-bond donors (Lipinski definition) is 1. The summed E-state index contributed by atoms with van der Waals surface area (Å²) in [6.45, 7) is 4.19. The van der Waals surface area contributed by atoms with E-state index in [-0.39, 0.29) is 11.8 Å². The van der Waals surface area contributed by atoms with Gasteiger partial charge in [-0.2, -0.15) is 0 Å². The van der Waals surface area contributed by atoms with E-state index in [9.17, 15) is 9.59 Å². The van der Waals surface area contributed by atoms with Gasteiger partial charge < -0.3 is 14.9 Å². The minimum atomic E-state index is -0.774. The van der Waals surface area contributed by atoms with E-state index < -0.39 is 5.97 Å². The Morgan fingerprint density at radius 2 is 2.00 bits per heavy atom. The molecule has 2 aliphatic rings. The average Bonchev–Trinajstić information content (AvgIpc) is 2.80. The highest BCUT2D eigenvalue weighted by Gasteiger charge is 2.30. The smallest absolute Gasteiger partial charge is 0.308 e. The standard InChI is InChI=1S/C12H20N2O3/c15-11-4-3-10(12(16)17)9-14(11)8-7-13-5-1-2-6-13/h10H,1-9H2,(H,16,17). The lowest BCUT2D eigenvalue weighted by molar-refractivity contribution is -0.147. The zero-order valence-electron chi connectivity index (χ0n) is 10.1. The second-order valence-corrected chi connectivity index (χ2v) is 4.96. The molecule has 0 spiro atoms. The molecule has 0 radical (unpaired) electrons. The van der Waals surface area contributed by atoms with Gasteiger partial charge in [0, 0.05) is 26.1 Å². The number of likely N-dealkylation sites (tertiary alicyclic amines) is 2. The van der Waals surface area contributed by atoms with E-state index >= 15 is 0 Å². The zero-order valence-corrected chi connectivity index (χ0v) is 10.1. The quantitative estimate of drug-likeness (QED) is 0.773. The number of aliphatic carboxylic acids is 1. The molecule has 2 rings (SSSR count). The van der Waals surface area contributed by atoms with Crippen molar-refractivity contribution in [1.82, 2.24) is 9.80 Å². The normalized spacial score (nSPS) is 26.5. The lowest BCUT2D eigenvalue weighted by Gasteiger charge is -2.31. The Bertz CT molecular complexity index is 300. The van der Waals surface area contributed by atoms with Crippen molar-refractivity contribution < 1.29 is 14.7 Å². The van der Waals surface area contributed by atoms with Crippen LogP contribution in [0.2, 0.25) is 0 Å². The Morgan fingerprint density at radius 1 is 1.29 bits per heavy atom. The molecule has 5 nitrogen and oxygen atoms in total. The average molecular weight is 240 g/mol. The van der Waals surface area contributed by atoms with Gasteiger partial charge in [0.15, 0.2) is 0 Å². The van der Waals surface area contributed by atoms with Gasteiger partial charge in [0.05, 0.1) is 5.92 Å². The molecular formula is C12H20N2O3. The van der Waals surface area contributed by atoms with Crippen LogP contribution in [0.5, 0.6) is 0 Å². The van der Waals surface area contributed by atoms with Gasteiger partial charge >= 0.3 is 5.97 Å². The minimum absolute atomic E-state index is 0.113. The summed E-state index contributed by atoms with van der Waals surface area (Å²) in [7, 11) is 0. The van der Waals surface area contributed by atoms with E-state index in [1.807, 2.05) is 0 Å². The van der Waals surface area contributed by atoms with E-state index in [4.69, 9.17) is 5.11 Å². The van der Waals surface area contributed by atoms with Crippen molar-refractivity contribution >= 4 is 11.9 Å². The first kappa shape index (κ1) is 12.4. The van der Waals surface area contributed by atoms with Gasteiger partial charge in [0.1, 0.15) is 0 Å². The molecular weight excluding hydrogens is 220 g/mol. The Morgan fingerprint density at radius 3 is 2.65 bits per heavy atom. The molecule has 1 amide bonds. The molecule has 2 fully saturated rings. The number of rotatable bonds is 4. The molecule has 0 aliphatic carbocycles. The van der Waals surface area contributed by atoms with Crippen molar-refractivity contribution in [3.8, 4) is 0 Å². The van der Waals surface area contributed by atoms with Crippen LogP contribution in [0.25, 0.3) is 0 Å². The first-order valence-electron chi connectivity index (χ1n) is 6.40. The molecule has 17 heavy (non-hydrogen) atoms. The summed E-state index contributed by atoms with van der Waals surface area (Å²) in [5, 5.41) is 8.97. The number of amides is 1. The van der Waals surface area contributed by atoms with Crippen molar-refractivity contribution in [2.75, 3.05) is 32.7 Å². The minimum Gasteiger partial charge on any atom is -0.481 e. The van der Waals surface area contributed by atoms with Crippen LogP contribution in [-0.4, -0.2) is 59.5 Å². The number of carboxylic acids is 1. The fourth-order valence-electron chi connectivity index (χ4n) is 2.60. The van der Waals surface area contributed by atoms with Gasteiger partial charge in [0.2, 0.25) is 5.91 Å². The second kappa shape index (κ2) is 5.49. The summed E-state index contributed by atoms with van der Waals surface area (Å²) >= 11 is 0. The van der Waals surface area contributed by atoms with Gasteiger partial charge in [-0.15, -0.1) is 0 Å². The Labute approximate surface area is 101 Å². The summed E-state index contributed by atoms with van der Waals surface area (Å²) < 4.78 is 0. The topological polar surface area (TPSA) is 60.9 Å². The first-order valence-corrected chi connectivity index (χ1v) is 6.40. The Kier molecular flexibility index (Phi) is 3.99. The molecule has 0 aromatic carbocycles. The third-order valence-corrected chi connectivity index (χ3v) is 3.73. The zero-order chi connectivity index (χ0) is 12.3. The third kappa shape index (κ3) is 3.19. The van der Waals surface area contributed by atoms with Crippen molar-refractivity contribution in [2.45, 2.75) is 25.7 Å². The fraction of sp³-hybridized carbons (Fsp3) is 0.833. The fourth-order valence-corrected chi connectivity index (χ4v) is 2.60. The van der Waals surface area contributed by atoms with E-state index in [1.165, 1.54) is 12.8 Å². The maximum absolute atomic E-state index is 11.7. The monoisotopic (exact) mass is 240 g/mol. The Hall–Kier alpha value is -1.10. The van der Waals surface area contributed by atoms with Crippen molar-refractivity contribution in [2.24, 2.45) is 5.92 Å². The number of hydrogen-bond acceptors (Lipinski definition) is 3. The van der Waals surface area contributed by atoms with Crippen LogP contribution in [0.15, 0.2) is 0 Å². The molecule has 1 unspecified atom stereocenters. The van der Waals surface area contributed by atoms with Crippen LogP contribution in [-0.2, 0) is 9.59 Å². The molecule has 0 saturated carbocycles. The number of carboxylic acid groups (broad SMARTS) is 1. The molecule has 2 aliphatic heterocycles. The number of carbonyl (C=O) groups excluding carboxylic acids is 1. The van der Waals surface area contributed by atoms with Gasteiger partial charge in [-0.05, 0) is 32.4 Å². The van der Waals surface area contributed by atoms with Crippen LogP contribution in [0.3, 0.4) is 0 Å². The molecule has 2 heterocycles. The number of nitrogens with zero attached hydrogens (tertiary/aromatic N) is 2. The highest BCUT2D eigenvalue weighted by atomic mass is 16.4. The van der Waals surface area contributed by atoms with Crippen LogP contribution in [0.4, 0.5) is 0 Å². The highest BCUT2D eigenvalue weighted by Crippen LogP contribution is 2.18. The van der Waals surface area contributed by atoms with Crippen molar-refractivity contribution in [1.29, 1.82) is 0 Å². The van der Waals surface area contributed by atoms with Gasteiger partial charge in [0.25, 0.3) is 0 Å². The third-order valence-electron chi connectivity index (χ3n) is 3.73. The van der Waals surface area contributed by atoms with E-state index in [2.05, 4.69) is 4.90 Å². The maximum Gasteiger partial charge on any atom is 0.308 e. The van der Waals surface area contributed by atoms with E-state index in [0.29, 0.717) is 25.9 Å². The van der Waals surface area contributed by atoms with Gasteiger partial charge in [-0.3, -0.25) is 9.59 Å². The lowest BCUT2D eigenvalue weighted by Crippen LogP contribution is -2.45. The van der Waals surface area contributed by atoms with Crippen LogP contribution >= 0.6 is 0 Å². The summed E-state index contributed by atoms with van der Waals surface area (Å²) in [4.78, 5) is 26.7. The Balaban J connectivity index is 1.80. The summed E-state index contributed by atoms with van der Waals surface area (Å²) in [6.07, 6.45) is 3.36. The van der Waals surface area contributed by atoms with E-state index in [1.54, 1.807) is 4.90 Å². The predicted octanol–water partition coefficient (Wildman–Crippen LogP) is 0.405. The molecule has 0 bridgehead atoms. The number of carbonyl (C=O) groups is 2. The summed E-state index contributed by atoms with van der Waals surface area (Å²) in [6, 6.07) is 0. The predicted molar refractivity (Wildman–Crippen MR) is 62.6 cm³/mol. The first-order chi connectivity index (χ1) is 8.16. The van der Waals surface area contributed by atoms with Crippen LogP contribution in [0, 0.1) is 5.92 Å². The number of piperidine rings is 1. The van der Waals surface area contributed by atoms with Crippen LogP contribution < -0.4 is 0 Å². The molecule has 1 atom stereocenters. The summed E-state index contributed by atoms with van der Waals surface area (Å²) in [5.41, 5.74) is 0. The van der Waals surface area contributed by atoms with Crippen molar-refractivity contribution in [3.05, 3.63) is 0 Å². The molecule has 96 valence electrons. The molecule has 0 aromatic heterocycles. The molecule has 5 heteroatoms. The molecule has 1 N–H and O–H groups in total. The SMILES string of the molecule is O=C(O)C1CCC(=O)N(CCN2CCCC2)C1. The van der Waals surface area contributed by atoms with E-state index in [0.717, 1.165) is 19.6 Å². The lowest BCUT2D eigenvalue weighted by atomic mass is 9.98. The van der Waals surface area contributed by atoms with Gasteiger partial charge in [-0.1, -0.05) is 0 Å². The highest BCUT2D eigenvalue weighted by molar-refractivity contribution is 5.80. The molecule has 2 saturated heterocycles. The second-order valence-electron chi connectivity index (χ2n) is 4.96. The largest absolute Gasteiger partial charge is 0.481 e. The maximum atomic E-state index is 11.7. The molecule has 0 aromatic rings. The van der Waals surface area contributed by atoms with Crippen molar-refractivity contribution in [3.63, 3.8) is 0 Å². The van der Waals surface area contributed by atoms with Gasteiger partial charge in [-0.25, -0.2) is 0 Å². The summed E-state index contributed by atoms with van der Waals surface area (Å²) in [5.74, 6) is -1.03.